The number of hydrogen-bond acceptors (Lipinski definition) is 2. The van der Waals surface area contributed by atoms with Gasteiger partial charge >= 0.3 is 0 Å². The molecule has 94 valence electrons. The molecule has 0 fully saturated rings. The molecular formula is C14H16BIOS. The van der Waals surface area contributed by atoms with Gasteiger partial charge in [0, 0.05) is 3.57 Å². The minimum absolute atomic E-state index is 0.611. The molecular weight excluding hydrogens is 354 g/mol. The minimum Gasteiger partial charge on any atom is -0.496 e. The highest BCUT2D eigenvalue weighted by molar-refractivity contribution is 14.1. The summed E-state index contributed by atoms with van der Waals surface area (Å²) in [4.78, 5) is 0.611. The largest absolute Gasteiger partial charge is 0.496 e. The Morgan fingerprint density at radius 2 is 2.22 bits per heavy atom. The number of halogens is 1. The first kappa shape index (κ1) is 15.7. The third kappa shape index (κ3) is 4.73. The Morgan fingerprint density at radius 3 is 2.78 bits per heavy atom. The Morgan fingerprint density at radius 1 is 1.56 bits per heavy atom. The summed E-state index contributed by atoms with van der Waals surface area (Å²) in [7, 11) is 7.24. The highest BCUT2D eigenvalue weighted by Gasteiger charge is 2.07. The number of benzene rings is 1. The number of rotatable bonds is 5. The number of aryl methyl sites for hydroxylation is 1. The second kappa shape index (κ2) is 7.29. The summed E-state index contributed by atoms with van der Waals surface area (Å²) in [5.74, 6) is 0.939. The molecule has 0 amide bonds. The van der Waals surface area contributed by atoms with Gasteiger partial charge in [-0.25, -0.2) is 0 Å². The third-order valence-electron chi connectivity index (χ3n) is 2.44. The molecule has 0 aliphatic rings. The number of allylic oxidation sites excluding steroid dienone is 1. The maximum atomic E-state index is 5.53. The molecule has 0 unspecified atom stereocenters. The zero-order valence-corrected chi connectivity index (χ0v) is 13.9. The van der Waals surface area contributed by atoms with Crippen molar-refractivity contribution in [3.8, 4) is 5.75 Å². The first-order chi connectivity index (χ1) is 8.43. The zero-order valence-electron chi connectivity index (χ0n) is 10.9. The van der Waals surface area contributed by atoms with Gasteiger partial charge in [-0.1, -0.05) is 23.0 Å². The van der Waals surface area contributed by atoms with Crippen molar-refractivity contribution in [3.63, 3.8) is 0 Å². The Labute approximate surface area is 129 Å². The molecule has 0 saturated heterocycles. The molecule has 1 rings (SSSR count). The summed E-state index contributed by atoms with van der Waals surface area (Å²) in [5.41, 5.74) is 3.72. The smallest absolute Gasteiger partial charge is 0.123 e. The van der Waals surface area contributed by atoms with Crippen molar-refractivity contribution in [1.82, 2.24) is 0 Å². The van der Waals surface area contributed by atoms with Gasteiger partial charge in [0.25, 0.3) is 0 Å². The van der Waals surface area contributed by atoms with Crippen LogP contribution in [0.3, 0.4) is 0 Å². The van der Waals surface area contributed by atoms with Gasteiger partial charge < -0.3 is 4.74 Å². The lowest BCUT2D eigenvalue weighted by atomic mass is 10.0. The number of hydrogen-bond donors (Lipinski definition) is 0. The normalized spacial score (nSPS) is 11.4. The maximum Gasteiger partial charge on any atom is 0.123 e. The molecule has 0 aliphatic carbocycles. The Kier molecular flexibility index (Phi) is 6.36. The molecule has 18 heavy (non-hydrogen) atoms. The number of ether oxygens (including phenoxy) is 1. The van der Waals surface area contributed by atoms with Gasteiger partial charge in [-0.05, 0) is 65.5 Å². The van der Waals surface area contributed by atoms with E-state index in [1.165, 1.54) is 32.0 Å². The zero-order chi connectivity index (χ0) is 13.7. The second-order valence-corrected chi connectivity index (χ2v) is 6.30. The van der Waals surface area contributed by atoms with Crippen molar-refractivity contribution in [1.29, 1.82) is 0 Å². The Bertz CT molecular complexity index is 483. The standard InChI is InChI=1S/C14H16BIOS/c1-9(8-18-11(3)15)5-12-6-10(2)13(16)7-14(12)17-4/h6-8H,3,5H2,1-2,4H3/b9-8+. The topological polar surface area (TPSA) is 9.23 Å². The summed E-state index contributed by atoms with van der Waals surface area (Å²) in [6.07, 6.45) is 0.862. The second-order valence-electron chi connectivity index (χ2n) is 4.14. The van der Waals surface area contributed by atoms with E-state index in [9.17, 15) is 0 Å². The first-order valence-corrected chi connectivity index (χ1v) is 7.49. The van der Waals surface area contributed by atoms with E-state index in [1.54, 1.807) is 7.11 Å². The van der Waals surface area contributed by atoms with Crippen LogP contribution in [0.25, 0.3) is 0 Å². The molecule has 0 saturated carbocycles. The molecule has 1 aromatic rings. The van der Waals surface area contributed by atoms with Crippen molar-refractivity contribution < 1.29 is 4.74 Å². The van der Waals surface area contributed by atoms with Crippen molar-refractivity contribution in [3.05, 3.63) is 49.2 Å². The van der Waals surface area contributed by atoms with Crippen molar-refractivity contribution in [2.45, 2.75) is 20.3 Å². The van der Waals surface area contributed by atoms with E-state index in [0.717, 1.165) is 12.2 Å². The number of thioether (sulfide) groups is 1. The van der Waals surface area contributed by atoms with Crippen LogP contribution in [-0.4, -0.2) is 15.0 Å². The molecule has 0 atom stereocenters. The van der Waals surface area contributed by atoms with Crippen LogP contribution in [0.15, 0.2) is 34.5 Å². The van der Waals surface area contributed by atoms with E-state index in [1.807, 2.05) is 5.41 Å². The molecule has 4 heteroatoms. The fourth-order valence-corrected chi connectivity index (χ4v) is 2.44. The highest BCUT2D eigenvalue weighted by atomic mass is 127. The molecule has 1 nitrogen and oxygen atoms in total. The molecule has 0 aromatic heterocycles. The molecule has 0 spiro atoms. The van der Waals surface area contributed by atoms with Crippen molar-refractivity contribution in [2.75, 3.05) is 7.11 Å². The lowest BCUT2D eigenvalue weighted by Crippen LogP contribution is -1.96. The quantitative estimate of drug-likeness (QED) is 0.561. The fourth-order valence-electron chi connectivity index (χ4n) is 1.57. The molecule has 0 heterocycles. The highest BCUT2D eigenvalue weighted by Crippen LogP contribution is 2.27. The number of methoxy groups -OCH3 is 1. The molecule has 0 N–H and O–H groups in total. The van der Waals surface area contributed by atoms with Crippen LogP contribution in [-0.2, 0) is 6.42 Å². The van der Waals surface area contributed by atoms with Crippen LogP contribution in [0.1, 0.15) is 18.1 Å². The summed E-state index contributed by atoms with van der Waals surface area (Å²) in [6.45, 7) is 7.86. The monoisotopic (exact) mass is 370 g/mol. The van der Waals surface area contributed by atoms with Crippen LogP contribution in [0.5, 0.6) is 5.75 Å². The van der Waals surface area contributed by atoms with Crippen molar-refractivity contribution >= 4 is 42.2 Å². The fraction of sp³-hybridized carbons (Fsp3) is 0.286. The lowest BCUT2D eigenvalue weighted by molar-refractivity contribution is 0.410. The maximum absolute atomic E-state index is 5.53. The van der Waals surface area contributed by atoms with E-state index < -0.39 is 0 Å². The average molecular weight is 370 g/mol. The van der Waals surface area contributed by atoms with Gasteiger partial charge in [0.2, 0.25) is 0 Å². The van der Waals surface area contributed by atoms with E-state index in [0.29, 0.717) is 4.80 Å². The summed E-state index contributed by atoms with van der Waals surface area (Å²) >= 11 is 3.78. The molecule has 0 bridgehead atoms. The minimum atomic E-state index is 0.611. The SMILES string of the molecule is [B]C(=C)S/C=C(\C)Cc1cc(C)c(I)cc1OC. The molecule has 0 aliphatic heterocycles. The van der Waals surface area contributed by atoms with E-state index >= 15 is 0 Å². The predicted molar refractivity (Wildman–Crippen MR) is 90.4 cm³/mol. The molecule has 1 aromatic carbocycles. The predicted octanol–water partition coefficient (Wildman–Crippen LogP) is 4.43. The van der Waals surface area contributed by atoms with Crippen LogP contribution in [0, 0.1) is 10.5 Å². The van der Waals surface area contributed by atoms with Gasteiger partial charge in [0.1, 0.15) is 13.6 Å². The average Bonchev–Trinajstić information content (AvgIpc) is 2.31. The summed E-state index contributed by atoms with van der Waals surface area (Å²) in [6, 6.07) is 4.26. The third-order valence-corrected chi connectivity index (χ3v) is 4.43. The summed E-state index contributed by atoms with van der Waals surface area (Å²) in [5, 5.41) is 2.04. The van der Waals surface area contributed by atoms with E-state index in [2.05, 4.69) is 55.2 Å². The van der Waals surface area contributed by atoms with E-state index in [-0.39, 0.29) is 0 Å². The molecule has 2 radical (unpaired) electrons. The van der Waals surface area contributed by atoms with Crippen LogP contribution < -0.4 is 4.74 Å². The van der Waals surface area contributed by atoms with Gasteiger partial charge in [-0.2, -0.15) is 0 Å². The van der Waals surface area contributed by atoms with Crippen LogP contribution in [0.2, 0.25) is 0 Å². The Balaban J connectivity index is 2.93. The van der Waals surface area contributed by atoms with Crippen molar-refractivity contribution in [2.24, 2.45) is 0 Å². The van der Waals surface area contributed by atoms with Gasteiger partial charge in [0.15, 0.2) is 0 Å². The van der Waals surface area contributed by atoms with Gasteiger partial charge in [-0.15, -0.1) is 11.8 Å². The van der Waals surface area contributed by atoms with Gasteiger partial charge in [0.05, 0.1) is 7.11 Å². The van der Waals surface area contributed by atoms with Crippen LogP contribution in [0.4, 0.5) is 0 Å². The van der Waals surface area contributed by atoms with Crippen LogP contribution >= 0.6 is 34.4 Å². The van der Waals surface area contributed by atoms with E-state index in [4.69, 9.17) is 12.6 Å². The Hall–Kier alpha value is -0.355. The van der Waals surface area contributed by atoms with Gasteiger partial charge in [-0.3, -0.25) is 0 Å². The first-order valence-electron chi connectivity index (χ1n) is 5.53. The lowest BCUT2D eigenvalue weighted by Gasteiger charge is -2.11. The summed E-state index contributed by atoms with van der Waals surface area (Å²) < 4.78 is 6.65.